The van der Waals surface area contributed by atoms with E-state index in [1.165, 1.54) is 24.1 Å². The Hall–Kier alpha value is -2.33. The number of hydrogen-bond donors (Lipinski definition) is 0. The van der Waals surface area contributed by atoms with Gasteiger partial charge in [0.25, 0.3) is 5.56 Å². The van der Waals surface area contributed by atoms with E-state index in [1.807, 2.05) is 37.5 Å². The molecule has 134 valence electrons. The molecule has 3 aromatic rings. The van der Waals surface area contributed by atoms with Crippen LogP contribution in [-0.2, 0) is 7.05 Å². The lowest BCUT2D eigenvalue weighted by Gasteiger charge is -2.16. The third-order valence-corrected chi connectivity index (χ3v) is 6.65. The maximum atomic E-state index is 12.5. The first-order valence-electron chi connectivity index (χ1n) is 9.52. The number of hydrogen-bond acceptors (Lipinski definition) is 2. The molecule has 0 bridgehead atoms. The topological polar surface area (TPSA) is 31.2 Å². The van der Waals surface area contributed by atoms with Gasteiger partial charge in [0, 0.05) is 29.8 Å². The molecule has 0 N–H and O–H groups in total. The number of benzene rings is 2. The minimum absolute atomic E-state index is 0.0453. The zero-order valence-corrected chi connectivity index (χ0v) is 16.9. The van der Waals surface area contributed by atoms with E-state index in [-0.39, 0.29) is 15.1 Å². The van der Waals surface area contributed by atoms with Gasteiger partial charge in [0.2, 0.25) is 0 Å². The van der Waals surface area contributed by atoms with Gasteiger partial charge in [0.15, 0.2) is 0 Å². The van der Waals surface area contributed by atoms with Gasteiger partial charge in [0.1, 0.15) is 5.75 Å². The first-order chi connectivity index (χ1) is 12.7. The fourth-order valence-electron chi connectivity index (χ4n) is 3.48. The van der Waals surface area contributed by atoms with Gasteiger partial charge in [-0.1, -0.05) is 48.5 Å². The van der Waals surface area contributed by atoms with Crippen molar-refractivity contribution < 1.29 is 4.74 Å². The minimum Gasteiger partial charge on any atom is -0.493 e. The third kappa shape index (κ3) is 3.34. The van der Waals surface area contributed by atoms with Crippen LogP contribution in [-0.4, -0.2) is 20.7 Å². The molecule has 0 radical (unpaired) electrons. The number of aryl methyl sites for hydroxylation is 1. The van der Waals surface area contributed by atoms with Gasteiger partial charge < -0.3 is 9.30 Å². The molecule has 1 aromatic heterocycles. The molecule has 0 spiro atoms. The predicted molar refractivity (Wildman–Crippen MR) is 112 cm³/mol. The van der Waals surface area contributed by atoms with E-state index in [4.69, 9.17) is 4.74 Å². The number of ether oxygens (including phenoxy) is 1. The zero-order chi connectivity index (χ0) is 18.1. The van der Waals surface area contributed by atoms with E-state index < -0.39 is 0 Å². The first kappa shape index (κ1) is 17.1. The van der Waals surface area contributed by atoms with Gasteiger partial charge in [-0.15, -0.1) is 0 Å². The monoisotopic (exact) mass is 363 g/mol. The molecule has 3 nitrogen and oxygen atoms in total. The third-order valence-electron chi connectivity index (χ3n) is 5.14. The maximum absolute atomic E-state index is 12.5. The maximum Gasteiger partial charge on any atom is 0.258 e. The summed E-state index contributed by atoms with van der Waals surface area (Å²) < 4.78 is 7.88. The Morgan fingerprint density at radius 1 is 1.12 bits per heavy atom. The van der Waals surface area contributed by atoms with Crippen LogP contribution in [0.4, 0.5) is 0 Å². The zero-order valence-electron chi connectivity index (χ0n) is 15.5. The van der Waals surface area contributed by atoms with Crippen molar-refractivity contribution in [1.29, 1.82) is 0 Å². The molecule has 0 atom stereocenters. The largest absolute Gasteiger partial charge is 0.493 e. The van der Waals surface area contributed by atoms with Crippen molar-refractivity contribution in [1.82, 2.24) is 4.57 Å². The highest BCUT2D eigenvalue weighted by molar-refractivity contribution is 6.53. The first-order valence-corrected chi connectivity index (χ1v) is 11.2. The van der Waals surface area contributed by atoms with Crippen LogP contribution in [0.25, 0.3) is 21.9 Å². The second kappa shape index (κ2) is 7.12. The predicted octanol–water partition coefficient (Wildman–Crippen LogP) is 3.23. The van der Waals surface area contributed by atoms with Gasteiger partial charge >= 0.3 is 0 Å². The van der Waals surface area contributed by atoms with Crippen LogP contribution < -0.4 is 15.5 Å². The lowest BCUT2D eigenvalue weighted by molar-refractivity contribution is 0.301. The summed E-state index contributed by atoms with van der Waals surface area (Å²) in [4.78, 5) is 12.5. The molecule has 1 saturated carbocycles. The fourth-order valence-corrected chi connectivity index (χ4v) is 4.69. The Morgan fingerprint density at radius 3 is 2.62 bits per heavy atom. The summed E-state index contributed by atoms with van der Waals surface area (Å²) in [7, 11) is 1.57. The minimum atomic E-state index is -0.254. The van der Waals surface area contributed by atoms with E-state index in [0.717, 1.165) is 34.3 Å². The molecule has 2 aromatic carbocycles. The SMILES string of the molecule is CC[SiH2]c1ccc(OCC2CC2)c(-c2cn(C)c(=O)c3ccccc23)c1. The molecule has 4 heteroatoms. The molecule has 1 heterocycles. The summed E-state index contributed by atoms with van der Waals surface area (Å²) >= 11 is 0. The van der Waals surface area contributed by atoms with Crippen molar-refractivity contribution in [2.75, 3.05) is 6.61 Å². The van der Waals surface area contributed by atoms with Gasteiger partial charge in [-0.25, -0.2) is 0 Å². The number of fused-ring (bicyclic) bond motifs is 1. The lowest BCUT2D eigenvalue weighted by Crippen LogP contribution is -2.17. The Kier molecular flexibility index (Phi) is 4.68. The molecular formula is C22H25NO2Si. The average molecular weight is 364 g/mol. The van der Waals surface area contributed by atoms with E-state index in [1.54, 1.807) is 4.57 Å². The van der Waals surface area contributed by atoms with Crippen molar-refractivity contribution in [2.24, 2.45) is 13.0 Å². The Balaban J connectivity index is 1.89. The van der Waals surface area contributed by atoms with E-state index >= 15 is 0 Å². The van der Waals surface area contributed by atoms with Crippen LogP contribution >= 0.6 is 0 Å². The van der Waals surface area contributed by atoms with Gasteiger partial charge in [-0.05, 0) is 36.3 Å². The summed E-state index contributed by atoms with van der Waals surface area (Å²) in [6.45, 7) is 3.05. The van der Waals surface area contributed by atoms with Crippen molar-refractivity contribution in [3.05, 3.63) is 59.0 Å². The lowest BCUT2D eigenvalue weighted by atomic mass is 10.00. The van der Waals surface area contributed by atoms with Crippen LogP contribution in [0.15, 0.2) is 53.5 Å². The molecule has 0 aliphatic heterocycles. The summed E-state index contributed by atoms with van der Waals surface area (Å²) in [5.41, 5.74) is 2.25. The Morgan fingerprint density at radius 2 is 1.88 bits per heavy atom. The summed E-state index contributed by atoms with van der Waals surface area (Å²) in [6, 6.07) is 15.8. The highest BCUT2D eigenvalue weighted by Crippen LogP contribution is 2.35. The van der Waals surface area contributed by atoms with Crippen LogP contribution in [0, 0.1) is 5.92 Å². The summed E-state index contributed by atoms with van der Waals surface area (Å²) in [6.07, 6.45) is 4.51. The van der Waals surface area contributed by atoms with Gasteiger partial charge in [-0.3, -0.25) is 4.79 Å². The molecule has 26 heavy (non-hydrogen) atoms. The average Bonchev–Trinajstić information content (AvgIpc) is 3.48. The van der Waals surface area contributed by atoms with E-state index in [9.17, 15) is 4.79 Å². The molecule has 1 fully saturated rings. The molecule has 0 saturated heterocycles. The normalized spacial score (nSPS) is 14.4. The van der Waals surface area contributed by atoms with E-state index in [2.05, 4.69) is 25.1 Å². The smallest absolute Gasteiger partial charge is 0.258 e. The van der Waals surface area contributed by atoms with Crippen molar-refractivity contribution in [3.63, 3.8) is 0 Å². The highest BCUT2D eigenvalue weighted by Gasteiger charge is 2.23. The molecule has 1 aliphatic carbocycles. The number of rotatable bonds is 6. The number of nitrogens with zero attached hydrogens (tertiary/aromatic N) is 1. The molecule has 1 aliphatic rings. The Labute approximate surface area is 156 Å². The van der Waals surface area contributed by atoms with Crippen molar-refractivity contribution >= 4 is 25.5 Å². The van der Waals surface area contributed by atoms with Crippen LogP contribution in [0.3, 0.4) is 0 Å². The van der Waals surface area contributed by atoms with Gasteiger partial charge in [-0.2, -0.15) is 0 Å². The second-order valence-corrected chi connectivity index (χ2v) is 9.66. The molecule has 4 rings (SSSR count). The van der Waals surface area contributed by atoms with Crippen LogP contribution in [0.2, 0.25) is 6.04 Å². The van der Waals surface area contributed by atoms with Crippen LogP contribution in [0.1, 0.15) is 19.8 Å². The molecule has 0 amide bonds. The highest BCUT2D eigenvalue weighted by atomic mass is 28.2. The quantitative estimate of drug-likeness (QED) is 0.630. The summed E-state index contributed by atoms with van der Waals surface area (Å²) in [5.74, 6) is 1.65. The Bertz CT molecular complexity index is 1000. The molecular weight excluding hydrogens is 338 g/mol. The number of aromatic nitrogens is 1. The van der Waals surface area contributed by atoms with Crippen molar-refractivity contribution in [3.8, 4) is 16.9 Å². The second-order valence-electron chi connectivity index (χ2n) is 7.34. The molecule has 0 unspecified atom stereocenters. The van der Waals surface area contributed by atoms with Gasteiger partial charge in [0.05, 0.1) is 16.1 Å². The van der Waals surface area contributed by atoms with Crippen LogP contribution in [0.5, 0.6) is 5.75 Å². The fraction of sp³-hybridized carbons (Fsp3) is 0.318. The van der Waals surface area contributed by atoms with E-state index in [0.29, 0.717) is 5.92 Å². The summed E-state index contributed by atoms with van der Waals surface area (Å²) in [5, 5.41) is 3.21. The standard InChI is InChI=1S/C22H25NO2Si/c1-3-26-16-10-11-21(25-14-15-8-9-15)19(12-16)20-13-23(2)22(24)18-7-5-4-6-17(18)20/h4-7,10-13,15H,3,8-9,14,26H2,1-2H3. The number of pyridine rings is 1. The van der Waals surface area contributed by atoms with Crippen molar-refractivity contribution in [2.45, 2.75) is 25.8 Å².